The molecule has 2 aromatic carbocycles. The zero-order valence-corrected chi connectivity index (χ0v) is 18.6. The number of hydrogen-bond acceptors (Lipinski definition) is 5. The summed E-state index contributed by atoms with van der Waals surface area (Å²) in [7, 11) is -2.15. The van der Waals surface area contributed by atoms with Gasteiger partial charge in [-0.25, -0.2) is 8.42 Å². The van der Waals surface area contributed by atoms with Crippen LogP contribution in [-0.2, 0) is 14.8 Å². The lowest BCUT2D eigenvalue weighted by molar-refractivity contribution is -0.111. The average molecular weight is 452 g/mol. The number of nitrogens with one attached hydrogen (secondary N) is 1. The number of carbonyl (C=O) groups is 1. The van der Waals surface area contributed by atoms with Gasteiger partial charge in [0.1, 0.15) is 5.75 Å². The Kier molecular flexibility index (Phi) is 6.53. The summed E-state index contributed by atoms with van der Waals surface area (Å²) >= 11 is 0. The molecular weight excluding hydrogens is 426 g/mol. The number of methoxy groups -OCH3 is 1. The first-order valence-corrected chi connectivity index (χ1v) is 11.9. The van der Waals surface area contributed by atoms with Crippen LogP contribution in [0.2, 0.25) is 0 Å². The number of para-hydroxylation sites is 1. The summed E-state index contributed by atoms with van der Waals surface area (Å²) in [5, 5.41) is 3.72. The quantitative estimate of drug-likeness (QED) is 0.571. The van der Waals surface area contributed by atoms with Gasteiger partial charge in [0, 0.05) is 36.3 Å². The van der Waals surface area contributed by atoms with E-state index >= 15 is 0 Å². The topological polar surface area (TPSA) is 88.6 Å². The first-order chi connectivity index (χ1) is 15.5. The lowest BCUT2D eigenvalue weighted by atomic mass is 10.1. The van der Waals surface area contributed by atoms with Gasteiger partial charge in [0.15, 0.2) is 0 Å². The summed E-state index contributed by atoms with van der Waals surface area (Å²) in [5.74, 6) is -0.0140. The van der Waals surface area contributed by atoms with Crippen LogP contribution in [0.3, 0.4) is 0 Å². The zero-order chi connectivity index (χ0) is 22.6. The van der Waals surface area contributed by atoms with Crippen molar-refractivity contribution in [3.05, 3.63) is 66.4 Å². The highest BCUT2D eigenvalue weighted by atomic mass is 32.2. The third-order valence-corrected chi connectivity index (χ3v) is 7.35. The summed E-state index contributed by atoms with van der Waals surface area (Å²) in [5.41, 5.74) is 1.91. The molecule has 3 aromatic rings. The Balaban J connectivity index is 1.57. The van der Waals surface area contributed by atoms with E-state index in [4.69, 9.17) is 4.74 Å². The second kappa shape index (κ2) is 9.50. The maximum Gasteiger partial charge on any atom is 0.248 e. The third kappa shape index (κ3) is 4.66. The van der Waals surface area contributed by atoms with Crippen molar-refractivity contribution < 1.29 is 17.9 Å². The van der Waals surface area contributed by atoms with Gasteiger partial charge in [-0.3, -0.25) is 9.78 Å². The van der Waals surface area contributed by atoms with Crippen molar-refractivity contribution in [3.8, 4) is 5.75 Å². The van der Waals surface area contributed by atoms with Gasteiger partial charge in [-0.15, -0.1) is 0 Å². The molecule has 1 aliphatic heterocycles. The maximum absolute atomic E-state index is 13.0. The van der Waals surface area contributed by atoms with E-state index in [9.17, 15) is 13.2 Å². The first kappa shape index (κ1) is 22.0. The number of aromatic nitrogens is 1. The molecule has 1 N–H and O–H groups in total. The van der Waals surface area contributed by atoms with Gasteiger partial charge in [-0.2, -0.15) is 4.31 Å². The number of rotatable bonds is 6. The van der Waals surface area contributed by atoms with Crippen molar-refractivity contribution in [2.45, 2.75) is 24.2 Å². The number of carbonyl (C=O) groups excluding carboxylic acids is 1. The summed E-state index contributed by atoms with van der Waals surface area (Å²) < 4.78 is 32.8. The van der Waals surface area contributed by atoms with Crippen molar-refractivity contribution in [2.75, 3.05) is 25.5 Å². The molecule has 166 valence electrons. The van der Waals surface area contributed by atoms with Gasteiger partial charge in [0.25, 0.3) is 0 Å². The second-order valence-corrected chi connectivity index (χ2v) is 9.51. The molecule has 0 atom stereocenters. The molecule has 1 saturated heterocycles. The Bertz CT molecular complexity index is 1260. The fourth-order valence-electron chi connectivity index (χ4n) is 3.80. The van der Waals surface area contributed by atoms with Crippen LogP contribution in [0.1, 0.15) is 24.8 Å². The van der Waals surface area contributed by atoms with Crippen LogP contribution in [-0.4, -0.2) is 43.8 Å². The highest BCUT2D eigenvalue weighted by Crippen LogP contribution is 2.30. The molecule has 0 bridgehead atoms. The number of ether oxygens (including phenoxy) is 1. The summed E-state index contributed by atoms with van der Waals surface area (Å²) in [6, 6.07) is 14.1. The van der Waals surface area contributed by atoms with E-state index in [1.807, 2.05) is 30.3 Å². The van der Waals surface area contributed by atoms with E-state index in [1.54, 1.807) is 18.3 Å². The Morgan fingerprint density at radius 3 is 2.66 bits per heavy atom. The van der Waals surface area contributed by atoms with Crippen molar-refractivity contribution in [1.29, 1.82) is 0 Å². The van der Waals surface area contributed by atoms with E-state index in [-0.39, 0.29) is 4.90 Å². The van der Waals surface area contributed by atoms with Crippen molar-refractivity contribution in [1.82, 2.24) is 9.29 Å². The molecule has 2 heterocycles. The SMILES string of the molecule is COc1ccc(S(=O)(=O)N2CCCCC2)cc1NC(=O)/C=C/c1cccc2cccnc12. The lowest BCUT2D eigenvalue weighted by Gasteiger charge is -2.26. The van der Waals surface area contributed by atoms with Gasteiger partial charge >= 0.3 is 0 Å². The average Bonchev–Trinajstić information content (AvgIpc) is 2.83. The Labute approximate surface area is 187 Å². The zero-order valence-electron chi connectivity index (χ0n) is 17.8. The highest BCUT2D eigenvalue weighted by molar-refractivity contribution is 7.89. The molecule has 0 radical (unpaired) electrons. The molecule has 1 amide bonds. The number of piperidine rings is 1. The number of benzene rings is 2. The number of fused-ring (bicyclic) bond motifs is 1. The van der Waals surface area contributed by atoms with Crippen LogP contribution < -0.4 is 10.1 Å². The van der Waals surface area contributed by atoms with Gasteiger partial charge in [-0.05, 0) is 43.2 Å². The van der Waals surface area contributed by atoms with E-state index in [0.29, 0.717) is 24.5 Å². The van der Waals surface area contributed by atoms with Gasteiger partial charge in [0.2, 0.25) is 15.9 Å². The molecule has 32 heavy (non-hydrogen) atoms. The lowest BCUT2D eigenvalue weighted by Crippen LogP contribution is -2.35. The largest absolute Gasteiger partial charge is 0.495 e. The van der Waals surface area contributed by atoms with E-state index in [2.05, 4.69) is 10.3 Å². The smallest absolute Gasteiger partial charge is 0.248 e. The van der Waals surface area contributed by atoms with Gasteiger partial charge in [-0.1, -0.05) is 30.7 Å². The van der Waals surface area contributed by atoms with Crippen LogP contribution in [0, 0.1) is 0 Å². The molecule has 1 fully saturated rings. The maximum atomic E-state index is 13.0. The monoisotopic (exact) mass is 451 g/mol. The van der Waals surface area contributed by atoms with Crippen LogP contribution in [0.25, 0.3) is 17.0 Å². The number of nitrogens with zero attached hydrogens (tertiary/aromatic N) is 2. The van der Waals surface area contributed by atoms with E-state index < -0.39 is 15.9 Å². The van der Waals surface area contributed by atoms with E-state index in [0.717, 1.165) is 35.7 Å². The van der Waals surface area contributed by atoms with Crippen molar-refractivity contribution in [3.63, 3.8) is 0 Å². The molecule has 0 unspecified atom stereocenters. The molecule has 1 aliphatic rings. The number of sulfonamides is 1. The normalized spacial score (nSPS) is 15.2. The Morgan fingerprint density at radius 1 is 1.09 bits per heavy atom. The Morgan fingerprint density at radius 2 is 1.88 bits per heavy atom. The van der Waals surface area contributed by atoms with Crippen molar-refractivity contribution >= 4 is 38.6 Å². The Hall–Kier alpha value is -3.23. The number of pyridine rings is 1. The molecule has 1 aromatic heterocycles. The summed E-state index contributed by atoms with van der Waals surface area (Å²) in [6.45, 7) is 1.02. The minimum Gasteiger partial charge on any atom is -0.495 e. The number of amides is 1. The molecule has 0 saturated carbocycles. The van der Waals surface area contributed by atoms with Crippen LogP contribution >= 0.6 is 0 Å². The third-order valence-electron chi connectivity index (χ3n) is 5.46. The molecule has 8 heteroatoms. The molecule has 4 rings (SSSR count). The van der Waals surface area contributed by atoms with Gasteiger partial charge in [0.05, 0.1) is 23.2 Å². The van der Waals surface area contributed by atoms with Gasteiger partial charge < -0.3 is 10.1 Å². The first-order valence-electron chi connectivity index (χ1n) is 10.5. The van der Waals surface area contributed by atoms with Crippen LogP contribution in [0.5, 0.6) is 5.75 Å². The number of hydrogen-bond donors (Lipinski definition) is 1. The highest BCUT2D eigenvalue weighted by Gasteiger charge is 2.26. The number of anilines is 1. The summed E-state index contributed by atoms with van der Waals surface area (Å²) in [6.07, 6.45) is 7.53. The summed E-state index contributed by atoms with van der Waals surface area (Å²) in [4.78, 5) is 17.1. The van der Waals surface area contributed by atoms with Crippen LogP contribution in [0.15, 0.2) is 65.7 Å². The minimum atomic E-state index is -3.62. The second-order valence-electron chi connectivity index (χ2n) is 7.57. The van der Waals surface area contributed by atoms with Crippen LogP contribution in [0.4, 0.5) is 5.69 Å². The molecule has 0 aliphatic carbocycles. The predicted octanol–water partition coefficient (Wildman–Crippen LogP) is 4.07. The fourth-order valence-corrected chi connectivity index (χ4v) is 5.35. The fraction of sp³-hybridized carbons (Fsp3) is 0.250. The molecular formula is C24H25N3O4S. The standard InChI is InChI=1S/C24H25N3O4S/c1-31-22-12-11-20(32(29,30)27-15-3-2-4-16-27)17-21(22)26-23(28)13-10-19-8-5-7-18-9-6-14-25-24(18)19/h5-14,17H,2-4,15-16H2,1H3,(H,26,28)/b13-10+. The predicted molar refractivity (Wildman–Crippen MR) is 125 cm³/mol. The molecule has 0 spiro atoms. The minimum absolute atomic E-state index is 0.137. The van der Waals surface area contributed by atoms with Crippen molar-refractivity contribution in [2.24, 2.45) is 0 Å². The van der Waals surface area contributed by atoms with E-state index in [1.165, 1.54) is 29.6 Å². The molecule has 7 nitrogen and oxygen atoms in total.